The highest BCUT2D eigenvalue weighted by atomic mass is 16.5. The Bertz CT molecular complexity index is 1060. The molecule has 0 bridgehead atoms. The SMILES string of the molecule is COc1ccc(-c2cc(C3CC3)c3[nH]c(=O)[nH]c(=O)c3n2)cc1C. The van der Waals surface area contributed by atoms with Crippen molar-refractivity contribution in [2.75, 3.05) is 7.11 Å². The topological polar surface area (TPSA) is 87.8 Å². The second-order valence-corrected chi connectivity index (χ2v) is 6.19. The van der Waals surface area contributed by atoms with Crippen molar-refractivity contribution in [3.05, 3.63) is 56.2 Å². The number of ether oxygens (including phenoxy) is 1. The van der Waals surface area contributed by atoms with Crippen LogP contribution in [0.1, 0.15) is 29.9 Å². The van der Waals surface area contributed by atoms with E-state index in [0.29, 0.717) is 11.4 Å². The highest BCUT2D eigenvalue weighted by molar-refractivity contribution is 5.82. The van der Waals surface area contributed by atoms with Gasteiger partial charge in [-0.2, -0.15) is 0 Å². The summed E-state index contributed by atoms with van der Waals surface area (Å²) >= 11 is 0. The Morgan fingerprint density at radius 1 is 1.17 bits per heavy atom. The van der Waals surface area contributed by atoms with Gasteiger partial charge in [0.15, 0.2) is 5.52 Å². The van der Waals surface area contributed by atoms with Crippen LogP contribution in [-0.2, 0) is 0 Å². The molecule has 2 heterocycles. The summed E-state index contributed by atoms with van der Waals surface area (Å²) in [7, 11) is 1.64. The fourth-order valence-electron chi connectivity index (χ4n) is 3.07. The van der Waals surface area contributed by atoms with Gasteiger partial charge in [0, 0.05) is 5.56 Å². The number of fused-ring (bicyclic) bond motifs is 1. The molecule has 3 aromatic rings. The standard InChI is InChI=1S/C18H17N3O3/c1-9-7-11(5-6-14(9)24-2)13-8-12(10-3-4-10)15-16(19-13)17(22)21-18(23)20-15/h5-8,10H,3-4H2,1-2H3,(H2,20,21,22,23). The van der Waals surface area contributed by atoms with E-state index in [0.717, 1.165) is 41.0 Å². The Morgan fingerprint density at radius 3 is 2.62 bits per heavy atom. The van der Waals surface area contributed by atoms with E-state index in [9.17, 15) is 9.59 Å². The number of hydrogen-bond donors (Lipinski definition) is 2. The van der Waals surface area contributed by atoms with Gasteiger partial charge in [-0.1, -0.05) is 0 Å². The van der Waals surface area contributed by atoms with Gasteiger partial charge < -0.3 is 9.72 Å². The van der Waals surface area contributed by atoms with Crippen molar-refractivity contribution in [3.63, 3.8) is 0 Å². The van der Waals surface area contributed by atoms with Crippen LogP contribution in [0.2, 0.25) is 0 Å². The molecule has 0 unspecified atom stereocenters. The molecule has 0 radical (unpaired) electrons. The molecule has 0 saturated heterocycles. The summed E-state index contributed by atoms with van der Waals surface area (Å²) in [5, 5.41) is 0. The second-order valence-electron chi connectivity index (χ2n) is 6.19. The van der Waals surface area contributed by atoms with Crippen LogP contribution in [-0.4, -0.2) is 22.1 Å². The number of hydrogen-bond acceptors (Lipinski definition) is 4. The monoisotopic (exact) mass is 323 g/mol. The molecule has 24 heavy (non-hydrogen) atoms. The lowest BCUT2D eigenvalue weighted by Gasteiger charge is -2.10. The lowest BCUT2D eigenvalue weighted by Crippen LogP contribution is -2.23. The zero-order chi connectivity index (χ0) is 16.8. The van der Waals surface area contributed by atoms with Crippen molar-refractivity contribution in [3.8, 4) is 17.0 Å². The quantitative estimate of drug-likeness (QED) is 0.775. The average molecular weight is 323 g/mol. The lowest BCUT2D eigenvalue weighted by molar-refractivity contribution is 0.412. The molecule has 0 spiro atoms. The fourth-order valence-corrected chi connectivity index (χ4v) is 3.07. The molecule has 2 aromatic heterocycles. The number of benzene rings is 1. The Labute approximate surface area is 137 Å². The van der Waals surface area contributed by atoms with Gasteiger partial charge in [-0.15, -0.1) is 0 Å². The molecule has 1 fully saturated rings. The number of H-pyrrole nitrogens is 2. The Morgan fingerprint density at radius 2 is 1.96 bits per heavy atom. The van der Waals surface area contributed by atoms with Crippen molar-refractivity contribution < 1.29 is 4.74 Å². The van der Waals surface area contributed by atoms with E-state index >= 15 is 0 Å². The van der Waals surface area contributed by atoms with Gasteiger partial charge in [0.2, 0.25) is 0 Å². The molecule has 4 rings (SSSR count). The molecular formula is C18H17N3O3. The molecule has 1 saturated carbocycles. The number of pyridine rings is 1. The van der Waals surface area contributed by atoms with E-state index in [4.69, 9.17) is 4.74 Å². The van der Waals surface area contributed by atoms with E-state index in [2.05, 4.69) is 15.0 Å². The van der Waals surface area contributed by atoms with E-state index < -0.39 is 11.2 Å². The van der Waals surface area contributed by atoms with Crippen molar-refractivity contribution in [2.45, 2.75) is 25.7 Å². The van der Waals surface area contributed by atoms with Crippen LogP contribution in [0, 0.1) is 6.92 Å². The smallest absolute Gasteiger partial charge is 0.326 e. The van der Waals surface area contributed by atoms with Gasteiger partial charge in [0.25, 0.3) is 5.56 Å². The Balaban J connectivity index is 1.98. The zero-order valence-corrected chi connectivity index (χ0v) is 13.5. The van der Waals surface area contributed by atoms with Gasteiger partial charge in [-0.05, 0) is 61.1 Å². The van der Waals surface area contributed by atoms with Crippen LogP contribution < -0.4 is 16.0 Å². The molecule has 1 aliphatic rings. The first-order valence-corrected chi connectivity index (χ1v) is 7.89. The molecule has 0 atom stereocenters. The molecule has 0 aliphatic heterocycles. The molecule has 6 heteroatoms. The van der Waals surface area contributed by atoms with Gasteiger partial charge in [0.1, 0.15) is 5.75 Å². The number of aryl methyl sites for hydroxylation is 1. The maximum Gasteiger partial charge on any atom is 0.326 e. The van der Waals surface area contributed by atoms with Gasteiger partial charge in [0.05, 0.1) is 18.3 Å². The molecule has 2 N–H and O–H groups in total. The first-order chi connectivity index (χ1) is 11.6. The third kappa shape index (κ3) is 2.40. The minimum absolute atomic E-state index is 0.280. The van der Waals surface area contributed by atoms with Crippen LogP contribution >= 0.6 is 0 Å². The van der Waals surface area contributed by atoms with Gasteiger partial charge >= 0.3 is 5.69 Å². The van der Waals surface area contributed by atoms with Crippen molar-refractivity contribution >= 4 is 11.0 Å². The number of rotatable bonds is 3. The predicted molar refractivity (Wildman–Crippen MR) is 91.7 cm³/mol. The number of methoxy groups -OCH3 is 1. The van der Waals surface area contributed by atoms with Crippen LogP contribution in [0.15, 0.2) is 33.9 Å². The fraction of sp³-hybridized carbons (Fsp3) is 0.278. The lowest BCUT2D eigenvalue weighted by atomic mass is 10.0. The highest BCUT2D eigenvalue weighted by Gasteiger charge is 2.27. The Hall–Kier alpha value is -2.89. The molecular weight excluding hydrogens is 306 g/mol. The minimum Gasteiger partial charge on any atom is -0.496 e. The molecule has 122 valence electrons. The first-order valence-electron chi connectivity index (χ1n) is 7.89. The van der Waals surface area contributed by atoms with Crippen molar-refractivity contribution in [2.24, 2.45) is 0 Å². The summed E-state index contributed by atoms with van der Waals surface area (Å²) in [6.07, 6.45) is 2.13. The summed E-state index contributed by atoms with van der Waals surface area (Å²) in [5.41, 5.74) is 3.53. The van der Waals surface area contributed by atoms with Crippen LogP contribution in [0.25, 0.3) is 22.3 Å². The predicted octanol–water partition coefficient (Wildman–Crippen LogP) is 2.47. The molecule has 6 nitrogen and oxygen atoms in total. The largest absolute Gasteiger partial charge is 0.496 e. The second kappa shape index (κ2) is 5.33. The van der Waals surface area contributed by atoms with E-state index in [1.807, 2.05) is 31.2 Å². The number of aromatic nitrogens is 3. The summed E-state index contributed by atoms with van der Waals surface area (Å²) in [6.45, 7) is 1.97. The van der Waals surface area contributed by atoms with Gasteiger partial charge in [-0.25, -0.2) is 9.78 Å². The summed E-state index contributed by atoms with van der Waals surface area (Å²) in [4.78, 5) is 33.3. The first kappa shape index (κ1) is 14.7. The van der Waals surface area contributed by atoms with Crippen molar-refractivity contribution in [1.82, 2.24) is 15.0 Å². The Kier molecular flexibility index (Phi) is 3.26. The molecule has 0 amide bonds. The maximum atomic E-state index is 12.2. The van der Waals surface area contributed by atoms with Crippen molar-refractivity contribution in [1.29, 1.82) is 0 Å². The summed E-state index contributed by atoms with van der Waals surface area (Å²) in [5.74, 6) is 1.19. The number of nitrogens with zero attached hydrogens (tertiary/aromatic N) is 1. The highest BCUT2D eigenvalue weighted by Crippen LogP contribution is 2.43. The number of aromatic amines is 2. The van der Waals surface area contributed by atoms with E-state index in [1.54, 1.807) is 7.11 Å². The maximum absolute atomic E-state index is 12.2. The normalized spacial score (nSPS) is 14.1. The average Bonchev–Trinajstić information content (AvgIpc) is 3.39. The van der Waals surface area contributed by atoms with E-state index in [-0.39, 0.29) is 5.52 Å². The van der Waals surface area contributed by atoms with Crippen LogP contribution in [0.3, 0.4) is 0 Å². The minimum atomic E-state index is -0.496. The third-order valence-corrected chi connectivity index (χ3v) is 4.44. The van der Waals surface area contributed by atoms with Gasteiger partial charge in [-0.3, -0.25) is 9.78 Å². The summed E-state index contributed by atoms with van der Waals surface area (Å²) in [6, 6.07) is 7.79. The van der Waals surface area contributed by atoms with E-state index in [1.165, 1.54) is 0 Å². The van der Waals surface area contributed by atoms with Crippen LogP contribution in [0.4, 0.5) is 0 Å². The molecule has 1 aliphatic carbocycles. The summed E-state index contributed by atoms with van der Waals surface area (Å²) < 4.78 is 5.30. The van der Waals surface area contributed by atoms with Crippen LogP contribution in [0.5, 0.6) is 5.75 Å². The number of nitrogens with one attached hydrogen (secondary N) is 2. The third-order valence-electron chi connectivity index (χ3n) is 4.44. The zero-order valence-electron chi connectivity index (χ0n) is 13.5. The molecule has 1 aromatic carbocycles.